The van der Waals surface area contributed by atoms with E-state index in [-0.39, 0.29) is 11.1 Å². The molecule has 0 aromatic heterocycles. The Morgan fingerprint density at radius 2 is 1.46 bits per heavy atom. The monoisotopic (exact) mass is 182 g/mol. The fourth-order valence-electron chi connectivity index (χ4n) is 0.913. The van der Waals surface area contributed by atoms with Crippen molar-refractivity contribution in [3.05, 3.63) is 35.1 Å². The molecule has 0 saturated heterocycles. The summed E-state index contributed by atoms with van der Waals surface area (Å²) in [6.07, 6.45) is 0. The van der Waals surface area contributed by atoms with Crippen molar-refractivity contribution < 1.29 is 14.0 Å². The van der Waals surface area contributed by atoms with Crippen molar-refractivity contribution in [1.29, 1.82) is 0 Å². The average Bonchev–Trinajstić information content (AvgIpc) is 2.03. The van der Waals surface area contributed by atoms with Crippen LogP contribution in [0.4, 0.5) is 4.39 Å². The molecule has 0 heterocycles. The van der Waals surface area contributed by atoms with Gasteiger partial charge in [-0.25, -0.2) is 4.39 Å². The first-order valence-electron chi connectivity index (χ1n) is 3.42. The summed E-state index contributed by atoms with van der Waals surface area (Å²) in [4.78, 5) is 21.3. The first kappa shape index (κ1) is 9.18. The minimum Gasteiger partial charge on any atom is -0.366 e. The van der Waals surface area contributed by atoms with Crippen molar-refractivity contribution >= 4 is 11.8 Å². The van der Waals surface area contributed by atoms with Crippen LogP contribution in [0.5, 0.6) is 0 Å². The molecule has 13 heavy (non-hydrogen) atoms. The molecular weight excluding hydrogens is 175 g/mol. The third kappa shape index (κ3) is 1.64. The summed E-state index contributed by atoms with van der Waals surface area (Å²) in [5.74, 6) is -2.83. The number of rotatable bonds is 2. The van der Waals surface area contributed by atoms with Crippen molar-refractivity contribution in [2.24, 2.45) is 11.5 Å². The Balaban J connectivity index is 3.35. The second-order valence-corrected chi connectivity index (χ2v) is 2.40. The summed E-state index contributed by atoms with van der Waals surface area (Å²) >= 11 is 0. The zero-order valence-electron chi connectivity index (χ0n) is 6.58. The zero-order chi connectivity index (χ0) is 10.0. The van der Waals surface area contributed by atoms with Gasteiger partial charge in [0.15, 0.2) is 0 Å². The third-order valence-electron chi connectivity index (χ3n) is 1.53. The predicted octanol–water partition coefficient (Wildman–Crippen LogP) is 0.0235. The summed E-state index contributed by atoms with van der Waals surface area (Å²) < 4.78 is 13.2. The predicted molar refractivity (Wildman–Crippen MR) is 43.4 cm³/mol. The van der Waals surface area contributed by atoms with E-state index in [1.807, 2.05) is 0 Å². The van der Waals surface area contributed by atoms with Gasteiger partial charge in [-0.05, 0) is 12.1 Å². The van der Waals surface area contributed by atoms with Crippen LogP contribution in [0.1, 0.15) is 20.7 Å². The van der Waals surface area contributed by atoms with Crippen LogP contribution in [0, 0.1) is 5.82 Å². The maximum absolute atomic E-state index is 13.2. The highest BCUT2D eigenvalue weighted by Gasteiger charge is 2.14. The van der Waals surface area contributed by atoms with E-state index < -0.39 is 17.6 Å². The molecule has 1 aromatic rings. The Hall–Kier alpha value is -1.91. The fraction of sp³-hybridized carbons (Fsp3) is 0. The SMILES string of the molecule is NC(=O)c1cccc(C(N)=O)c1F. The van der Waals surface area contributed by atoms with Gasteiger partial charge in [0.1, 0.15) is 5.82 Å². The highest BCUT2D eigenvalue weighted by molar-refractivity contribution is 5.98. The minimum atomic E-state index is -0.970. The highest BCUT2D eigenvalue weighted by atomic mass is 19.1. The molecule has 5 heteroatoms. The smallest absolute Gasteiger partial charge is 0.251 e. The van der Waals surface area contributed by atoms with Gasteiger partial charge in [0.2, 0.25) is 0 Å². The molecule has 4 nitrogen and oxygen atoms in total. The quantitative estimate of drug-likeness (QED) is 0.675. The lowest BCUT2D eigenvalue weighted by molar-refractivity contribution is 0.0994. The van der Waals surface area contributed by atoms with Gasteiger partial charge in [-0.1, -0.05) is 6.07 Å². The molecule has 68 valence electrons. The minimum absolute atomic E-state index is 0.337. The van der Waals surface area contributed by atoms with Crippen LogP contribution in [0.3, 0.4) is 0 Å². The molecule has 0 saturated carbocycles. The number of amides is 2. The first-order chi connectivity index (χ1) is 6.04. The van der Waals surface area contributed by atoms with Crippen LogP contribution in [0.25, 0.3) is 0 Å². The van der Waals surface area contributed by atoms with E-state index in [0.717, 1.165) is 0 Å². The van der Waals surface area contributed by atoms with Crippen LogP contribution in [0.2, 0.25) is 0 Å². The topological polar surface area (TPSA) is 86.2 Å². The molecule has 1 rings (SSSR count). The van der Waals surface area contributed by atoms with Gasteiger partial charge < -0.3 is 11.5 Å². The van der Waals surface area contributed by atoms with E-state index >= 15 is 0 Å². The highest BCUT2D eigenvalue weighted by Crippen LogP contribution is 2.11. The Morgan fingerprint density at radius 3 is 1.77 bits per heavy atom. The summed E-state index contributed by atoms with van der Waals surface area (Å²) in [7, 11) is 0. The van der Waals surface area contributed by atoms with E-state index in [4.69, 9.17) is 11.5 Å². The molecule has 0 spiro atoms. The fourth-order valence-corrected chi connectivity index (χ4v) is 0.913. The summed E-state index contributed by atoms with van der Waals surface area (Å²) in [5.41, 5.74) is 9.03. The molecular formula is C8H7FN2O2. The largest absolute Gasteiger partial charge is 0.366 e. The van der Waals surface area contributed by atoms with E-state index in [1.54, 1.807) is 0 Å². The Labute approximate surface area is 73.3 Å². The molecule has 0 atom stereocenters. The summed E-state index contributed by atoms with van der Waals surface area (Å²) in [6, 6.07) is 3.71. The van der Waals surface area contributed by atoms with Gasteiger partial charge in [0, 0.05) is 0 Å². The van der Waals surface area contributed by atoms with E-state index in [9.17, 15) is 14.0 Å². The molecule has 0 unspecified atom stereocenters. The van der Waals surface area contributed by atoms with Gasteiger partial charge >= 0.3 is 0 Å². The Kier molecular flexibility index (Phi) is 2.27. The second kappa shape index (κ2) is 3.22. The molecule has 2 amide bonds. The lowest BCUT2D eigenvalue weighted by Gasteiger charge is -2.01. The van der Waals surface area contributed by atoms with Gasteiger partial charge in [-0.15, -0.1) is 0 Å². The molecule has 4 N–H and O–H groups in total. The van der Waals surface area contributed by atoms with E-state index in [1.165, 1.54) is 18.2 Å². The van der Waals surface area contributed by atoms with Crippen molar-refractivity contribution in [1.82, 2.24) is 0 Å². The maximum atomic E-state index is 13.2. The molecule has 0 fully saturated rings. The van der Waals surface area contributed by atoms with Gasteiger partial charge in [-0.2, -0.15) is 0 Å². The molecule has 0 aliphatic heterocycles. The molecule has 0 aliphatic carbocycles. The maximum Gasteiger partial charge on any atom is 0.251 e. The zero-order valence-corrected chi connectivity index (χ0v) is 6.58. The van der Waals surface area contributed by atoms with E-state index in [2.05, 4.69) is 0 Å². The van der Waals surface area contributed by atoms with Gasteiger partial charge in [-0.3, -0.25) is 9.59 Å². The number of hydrogen-bond acceptors (Lipinski definition) is 2. The standard InChI is InChI=1S/C8H7FN2O2/c9-6-4(7(10)12)2-1-3-5(6)8(11)13/h1-3H,(H2,10,12)(H2,11,13). The van der Waals surface area contributed by atoms with E-state index in [0.29, 0.717) is 0 Å². The van der Waals surface area contributed by atoms with Crippen LogP contribution >= 0.6 is 0 Å². The van der Waals surface area contributed by atoms with Gasteiger partial charge in [0.25, 0.3) is 11.8 Å². The van der Waals surface area contributed by atoms with Crippen LogP contribution < -0.4 is 11.5 Å². The Morgan fingerprint density at radius 1 is 1.08 bits per heavy atom. The number of benzene rings is 1. The number of carbonyl (C=O) groups is 2. The number of halogens is 1. The molecule has 0 bridgehead atoms. The molecule has 0 radical (unpaired) electrons. The normalized spacial score (nSPS) is 9.62. The number of nitrogens with two attached hydrogens (primary N) is 2. The van der Waals surface area contributed by atoms with Crippen LogP contribution in [0.15, 0.2) is 18.2 Å². The van der Waals surface area contributed by atoms with Crippen molar-refractivity contribution in [2.45, 2.75) is 0 Å². The Bertz CT molecular complexity index is 344. The second-order valence-electron chi connectivity index (χ2n) is 2.40. The summed E-state index contributed by atoms with van der Waals surface area (Å²) in [6.45, 7) is 0. The van der Waals surface area contributed by atoms with Crippen LogP contribution in [-0.2, 0) is 0 Å². The van der Waals surface area contributed by atoms with Crippen molar-refractivity contribution in [3.63, 3.8) is 0 Å². The molecule has 1 aromatic carbocycles. The average molecular weight is 182 g/mol. The summed E-state index contributed by atoms with van der Waals surface area (Å²) in [5, 5.41) is 0. The van der Waals surface area contributed by atoms with Crippen molar-refractivity contribution in [2.75, 3.05) is 0 Å². The lowest BCUT2D eigenvalue weighted by atomic mass is 10.1. The number of hydrogen-bond donors (Lipinski definition) is 2. The first-order valence-corrected chi connectivity index (χ1v) is 3.42. The van der Waals surface area contributed by atoms with Crippen LogP contribution in [-0.4, -0.2) is 11.8 Å². The number of primary amides is 2. The lowest BCUT2D eigenvalue weighted by Crippen LogP contribution is -2.18. The number of carbonyl (C=O) groups excluding carboxylic acids is 2. The van der Waals surface area contributed by atoms with Crippen molar-refractivity contribution in [3.8, 4) is 0 Å². The molecule has 0 aliphatic rings. The van der Waals surface area contributed by atoms with Gasteiger partial charge in [0.05, 0.1) is 11.1 Å². The third-order valence-corrected chi connectivity index (χ3v) is 1.53.